The normalized spacial score (nSPS) is 15.1. The van der Waals surface area contributed by atoms with Gasteiger partial charge in [-0.25, -0.2) is 9.78 Å². The summed E-state index contributed by atoms with van der Waals surface area (Å²) in [4.78, 5) is 33.5. The summed E-state index contributed by atoms with van der Waals surface area (Å²) in [6.45, 7) is 0.494. The molecule has 0 bridgehead atoms. The average Bonchev–Trinajstić information content (AvgIpc) is 3.02. The van der Waals surface area contributed by atoms with E-state index in [0.717, 1.165) is 29.5 Å². The molecule has 4 rings (SSSR count). The zero-order valence-electron chi connectivity index (χ0n) is 17.1. The van der Waals surface area contributed by atoms with Gasteiger partial charge in [-0.3, -0.25) is 9.36 Å². The van der Waals surface area contributed by atoms with Gasteiger partial charge in [0.05, 0.1) is 17.6 Å². The topological polar surface area (TPSA) is 80.2 Å². The SMILES string of the molecule is CN(C(=O)CCCOc1ccc2nc3c(cc2c1)[nH]c(=O)n3C)C1CCCCC1. The maximum Gasteiger partial charge on any atom is 0.327 e. The van der Waals surface area contributed by atoms with E-state index in [0.29, 0.717) is 36.7 Å². The second-order valence-corrected chi connectivity index (χ2v) is 7.95. The zero-order valence-corrected chi connectivity index (χ0v) is 17.1. The molecular formula is C22H28N4O3. The molecule has 1 N–H and O–H groups in total. The number of pyridine rings is 1. The third-order valence-electron chi connectivity index (χ3n) is 5.95. The molecule has 1 fully saturated rings. The van der Waals surface area contributed by atoms with E-state index in [1.165, 1.54) is 23.8 Å². The third-order valence-corrected chi connectivity index (χ3v) is 5.95. The van der Waals surface area contributed by atoms with Gasteiger partial charge < -0.3 is 14.6 Å². The first-order valence-electron chi connectivity index (χ1n) is 10.4. The molecule has 29 heavy (non-hydrogen) atoms. The van der Waals surface area contributed by atoms with Crippen LogP contribution in [0.15, 0.2) is 29.1 Å². The van der Waals surface area contributed by atoms with Crippen molar-refractivity contribution in [1.82, 2.24) is 19.4 Å². The number of carbonyl (C=O) groups is 1. The predicted octanol–water partition coefficient (Wildman–Crippen LogP) is 3.36. The van der Waals surface area contributed by atoms with Gasteiger partial charge in [-0.2, -0.15) is 0 Å². The summed E-state index contributed by atoms with van der Waals surface area (Å²) >= 11 is 0. The monoisotopic (exact) mass is 396 g/mol. The molecule has 1 aromatic carbocycles. The molecule has 0 spiro atoms. The average molecular weight is 396 g/mol. The molecule has 0 saturated heterocycles. The highest BCUT2D eigenvalue weighted by Gasteiger charge is 2.21. The first-order chi connectivity index (χ1) is 14.0. The van der Waals surface area contributed by atoms with Crippen molar-refractivity contribution in [3.63, 3.8) is 0 Å². The van der Waals surface area contributed by atoms with Gasteiger partial charge in [-0.1, -0.05) is 19.3 Å². The smallest absolute Gasteiger partial charge is 0.327 e. The number of H-pyrrole nitrogens is 1. The number of imidazole rings is 1. The third kappa shape index (κ3) is 4.13. The summed E-state index contributed by atoms with van der Waals surface area (Å²) in [6.07, 6.45) is 7.20. The minimum absolute atomic E-state index is 0.179. The molecule has 1 aliphatic rings. The van der Waals surface area contributed by atoms with Crippen LogP contribution in [0.25, 0.3) is 22.1 Å². The fraction of sp³-hybridized carbons (Fsp3) is 0.500. The van der Waals surface area contributed by atoms with Crippen molar-refractivity contribution < 1.29 is 9.53 Å². The molecule has 1 saturated carbocycles. The number of ether oxygens (including phenoxy) is 1. The van der Waals surface area contributed by atoms with Crippen molar-refractivity contribution in [3.8, 4) is 5.75 Å². The van der Waals surface area contributed by atoms with Gasteiger partial charge in [-0.15, -0.1) is 0 Å². The van der Waals surface area contributed by atoms with Crippen LogP contribution in [0.5, 0.6) is 5.75 Å². The standard InChI is InChI=1S/C22H28N4O3/c1-25(16-7-4-3-5-8-16)20(27)9-6-12-29-17-10-11-18-15(13-17)14-19-21(23-18)26(2)22(28)24-19/h10-11,13-14,16H,3-9,12H2,1-2H3,(H,24,28). The maximum atomic E-state index is 12.4. The Morgan fingerprint density at radius 3 is 2.86 bits per heavy atom. The number of aromatic nitrogens is 3. The lowest BCUT2D eigenvalue weighted by Gasteiger charge is -2.31. The van der Waals surface area contributed by atoms with E-state index in [2.05, 4.69) is 9.97 Å². The Balaban J connectivity index is 1.34. The molecule has 1 aliphatic carbocycles. The Labute approximate surface area is 169 Å². The number of nitrogens with one attached hydrogen (secondary N) is 1. The Bertz CT molecular complexity index is 1080. The molecule has 0 aliphatic heterocycles. The van der Waals surface area contributed by atoms with E-state index in [1.807, 2.05) is 36.2 Å². The van der Waals surface area contributed by atoms with Crippen molar-refractivity contribution >= 4 is 28.0 Å². The Morgan fingerprint density at radius 2 is 2.07 bits per heavy atom. The van der Waals surface area contributed by atoms with Crippen LogP contribution in [-0.4, -0.2) is 45.0 Å². The zero-order chi connectivity index (χ0) is 20.4. The maximum absolute atomic E-state index is 12.4. The summed E-state index contributed by atoms with van der Waals surface area (Å²) in [5.74, 6) is 0.948. The number of rotatable bonds is 6. The molecule has 7 heteroatoms. The van der Waals surface area contributed by atoms with Crippen molar-refractivity contribution in [2.24, 2.45) is 7.05 Å². The van der Waals surface area contributed by atoms with Crippen LogP contribution >= 0.6 is 0 Å². The van der Waals surface area contributed by atoms with E-state index in [1.54, 1.807) is 7.05 Å². The van der Waals surface area contributed by atoms with Gasteiger partial charge in [-0.05, 0) is 43.5 Å². The summed E-state index contributed by atoms with van der Waals surface area (Å²) in [7, 11) is 3.63. The van der Waals surface area contributed by atoms with E-state index in [9.17, 15) is 9.59 Å². The van der Waals surface area contributed by atoms with Crippen LogP contribution in [0.2, 0.25) is 0 Å². The number of hydrogen-bond acceptors (Lipinski definition) is 4. The molecule has 0 unspecified atom stereocenters. The van der Waals surface area contributed by atoms with Gasteiger partial charge in [0, 0.05) is 31.9 Å². The van der Waals surface area contributed by atoms with E-state index < -0.39 is 0 Å². The molecule has 2 heterocycles. The molecule has 0 atom stereocenters. The molecule has 2 aromatic heterocycles. The molecule has 1 amide bonds. The number of aryl methyl sites for hydroxylation is 1. The van der Waals surface area contributed by atoms with Crippen LogP contribution in [0.4, 0.5) is 0 Å². The Hall–Kier alpha value is -2.83. The second-order valence-electron chi connectivity index (χ2n) is 7.95. The van der Waals surface area contributed by atoms with Gasteiger partial charge in [0.15, 0.2) is 5.65 Å². The van der Waals surface area contributed by atoms with Gasteiger partial charge in [0.25, 0.3) is 0 Å². The Morgan fingerprint density at radius 1 is 1.28 bits per heavy atom. The number of nitrogens with zero attached hydrogens (tertiary/aromatic N) is 3. The molecule has 154 valence electrons. The number of amides is 1. The minimum Gasteiger partial charge on any atom is -0.494 e. The van der Waals surface area contributed by atoms with Gasteiger partial charge >= 0.3 is 5.69 Å². The number of hydrogen-bond donors (Lipinski definition) is 1. The fourth-order valence-electron chi connectivity index (χ4n) is 4.14. The van der Waals surface area contributed by atoms with Crippen LogP contribution < -0.4 is 10.4 Å². The second kappa shape index (κ2) is 8.27. The largest absolute Gasteiger partial charge is 0.494 e. The molecule has 3 aromatic rings. The lowest BCUT2D eigenvalue weighted by molar-refractivity contribution is -0.132. The lowest BCUT2D eigenvalue weighted by Crippen LogP contribution is -2.38. The highest BCUT2D eigenvalue weighted by atomic mass is 16.5. The van der Waals surface area contributed by atoms with Crippen molar-refractivity contribution in [2.45, 2.75) is 51.0 Å². The van der Waals surface area contributed by atoms with E-state index in [-0.39, 0.29) is 11.6 Å². The van der Waals surface area contributed by atoms with E-state index >= 15 is 0 Å². The van der Waals surface area contributed by atoms with Crippen molar-refractivity contribution in [1.29, 1.82) is 0 Å². The molecule has 7 nitrogen and oxygen atoms in total. The lowest BCUT2D eigenvalue weighted by atomic mass is 9.94. The van der Waals surface area contributed by atoms with Crippen LogP contribution in [0.1, 0.15) is 44.9 Å². The summed E-state index contributed by atoms with van der Waals surface area (Å²) in [6, 6.07) is 8.01. The first kappa shape index (κ1) is 19.5. The highest BCUT2D eigenvalue weighted by Crippen LogP contribution is 2.24. The fourth-order valence-corrected chi connectivity index (χ4v) is 4.14. The quantitative estimate of drug-likeness (QED) is 0.648. The van der Waals surface area contributed by atoms with Gasteiger partial charge in [0.1, 0.15) is 5.75 Å². The number of carbonyl (C=O) groups excluding carboxylic acids is 1. The van der Waals surface area contributed by atoms with E-state index in [4.69, 9.17) is 4.74 Å². The number of aromatic amines is 1. The van der Waals surface area contributed by atoms with Crippen molar-refractivity contribution in [3.05, 3.63) is 34.7 Å². The number of fused-ring (bicyclic) bond motifs is 2. The van der Waals surface area contributed by atoms with Crippen molar-refractivity contribution in [2.75, 3.05) is 13.7 Å². The Kier molecular flexibility index (Phi) is 5.56. The van der Waals surface area contributed by atoms with Crippen LogP contribution in [0.3, 0.4) is 0 Å². The summed E-state index contributed by atoms with van der Waals surface area (Å²) in [5, 5.41) is 0.907. The van der Waals surface area contributed by atoms with Crippen LogP contribution in [0, 0.1) is 0 Å². The summed E-state index contributed by atoms with van der Waals surface area (Å²) < 4.78 is 7.36. The van der Waals surface area contributed by atoms with Crippen LogP contribution in [-0.2, 0) is 11.8 Å². The van der Waals surface area contributed by atoms with Gasteiger partial charge in [0.2, 0.25) is 5.91 Å². The first-order valence-corrected chi connectivity index (χ1v) is 10.4. The predicted molar refractivity (Wildman–Crippen MR) is 113 cm³/mol. The minimum atomic E-state index is -0.179. The molecule has 0 radical (unpaired) electrons. The summed E-state index contributed by atoms with van der Waals surface area (Å²) in [5.41, 5.74) is 1.97. The number of benzene rings is 1. The highest BCUT2D eigenvalue weighted by molar-refractivity contribution is 5.90. The molecular weight excluding hydrogens is 368 g/mol.